The van der Waals surface area contributed by atoms with E-state index in [1.165, 1.54) is 5.56 Å². The third-order valence-electron chi connectivity index (χ3n) is 6.16. The Morgan fingerprint density at radius 3 is 2.61 bits per heavy atom. The summed E-state index contributed by atoms with van der Waals surface area (Å²) >= 11 is 0. The van der Waals surface area contributed by atoms with Gasteiger partial charge in [-0.25, -0.2) is 4.98 Å². The molecule has 168 valence electrons. The summed E-state index contributed by atoms with van der Waals surface area (Å²) in [6.45, 7) is 5.21. The second kappa shape index (κ2) is 9.14. The van der Waals surface area contributed by atoms with Crippen LogP contribution in [0.25, 0.3) is 11.1 Å². The van der Waals surface area contributed by atoms with Crippen molar-refractivity contribution in [3.8, 4) is 0 Å². The lowest BCUT2D eigenvalue weighted by molar-refractivity contribution is 0.0746. The van der Waals surface area contributed by atoms with E-state index in [1.807, 2.05) is 47.5 Å². The molecular weight excluding hydrogens is 412 g/mol. The van der Waals surface area contributed by atoms with Gasteiger partial charge in [-0.15, -0.1) is 0 Å². The molecule has 3 heterocycles. The smallest absolute Gasteiger partial charge is 0.259 e. The minimum absolute atomic E-state index is 0.0193. The molecule has 33 heavy (non-hydrogen) atoms. The zero-order chi connectivity index (χ0) is 22.8. The Hall–Kier alpha value is -3.54. The van der Waals surface area contributed by atoms with Crippen molar-refractivity contribution in [2.24, 2.45) is 0 Å². The van der Waals surface area contributed by atoms with E-state index in [0.717, 1.165) is 41.6 Å². The van der Waals surface area contributed by atoms with Gasteiger partial charge in [0.05, 0.1) is 16.6 Å². The molecule has 6 nitrogen and oxygen atoms in total. The van der Waals surface area contributed by atoms with Gasteiger partial charge in [-0.2, -0.15) is 0 Å². The van der Waals surface area contributed by atoms with Crippen LogP contribution in [-0.4, -0.2) is 32.5 Å². The first-order chi connectivity index (χ1) is 16.1. The maximum atomic E-state index is 14.1. The standard InChI is InChI=1S/C27H28N4O2/c1-18(2)25-24-22(15-23(21-10-11-21)29-26(24)33-30-25)27(32)31(17-20-9-6-13-28-16-20)14-12-19-7-4-3-5-8-19/h3-9,13,15-16,18,21H,10-12,14,17H2,1-2H3. The number of hydrogen-bond acceptors (Lipinski definition) is 5. The van der Waals surface area contributed by atoms with E-state index in [2.05, 4.69) is 36.1 Å². The fourth-order valence-electron chi connectivity index (χ4n) is 4.19. The number of carbonyl (C=O) groups excluding carboxylic acids is 1. The highest BCUT2D eigenvalue weighted by molar-refractivity contribution is 6.06. The number of pyridine rings is 2. The van der Waals surface area contributed by atoms with E-state index >= 15 is 0 Å². The van der Waals surface area contributed by atoms with Gasteiger partial charge in [0, 0.05) is 37.1 Å². The van der Waals surface area contributed by atoms with Gasteiger partial charge in [-0.3, -0.25) is 9.78 Å². The average molecular weight is 441 g/mol. The van der Waals surface area contributed by atoms with Crippen molar-refractivity contribution >= 4 is 17.0 Å². The van der Waals surface area contributed by atoms with E-state index in [0.29, 0.717) is 30.3 Å². The highest BCUT2D eigenvalue weighted by Crippen LogP contribution is 2.41. The molecular formula is C27H28N4O2. The topological polar surface area (TPSA) is 72.1 Å². The van der Waals surface area contributed by atoms with Gasteiger partial charge >= 0.3 is 0 Å². The minimum atomic E-state index is -0.0193. The Kier molecular flexibility index (Phi) is 5.90. The molecule has 3 aromatic heterocycles. The summed E-state index contributed by atoms with van der Waals surface area (Å²) in [5.41, 5.74) is 5.03. The normalized spacial score (nSPS) is 13.5. The van der Waals surface area contributed by atoms with Crippen LogP contribution < -0.4 is 0 Å². The van der Waals surface area contributed by atoms with Crippen LogP contribution in [-0.2, 0) is 13.0 Å². The number of hydrogen-bond donors (Lipinski definition) is 0. The van der Waals surface area contributed by atoms with Gasteiger partial charge in [0.1, 0.15) is 0 Å². The summed E-state index contributed by atoms with van der Waals surface area (Å²) in [4.78, 5) is 24.9. The molecule has 5 rings (SSSR count). The van der Waals surface area contributed by atoms with Crippen LogP contribution >= 0.6 is 0 Å². The average Bonchev–Trinajstić information content (AvgIpc) is 3.60. The van der Waals surface area contributed by atoms with Gasteiger partial charge in [0.15, 0.2) is 0 Å². The number of aromatic nitrogens is 3. The summed E-state index contributed by atoms with van der Waals surface area (Å²) in [5.74, 6) is 0.515. The SMILES string of the molecule is CC(C)c1noc2nc(C3CC3)cc(C(=O)N(CCc3ccccc3)Cc3cccnc3)c12. The fourth-order valence-corrected chi connectivity index (χ4v) is 4.19. The molecule has 0 N–H and O–H groups in total. The zero-order valence-electron chi connectivity index (χ0n) is 19.1. The van der Waals surface area contributed by atoms with Crippen molar-refractivity contribution in [2.75, 3.05) is 6.54 Å². The van der Waals surface area contributed by atoms with Gasteiger partial charge < -0.3 is 9.42 Å². The van der Waals surface area contributed by atoms with E-state index in [-0.39, 0.29) is 11.8 Å². The molecule has 0 atom stereocenters. The van der Waals surface area contributed by atoms with Crippen LogP contribution in [0.4, 0.5) is 0 Å². The third-order valence-corrected chi connectivity index (χ3v) is 6.16. The Morgan fingerprint density at radius 2 is 1.91 bits per heavy atom. The van der Waals surface area contributed by atoms with Crippen molar-refractivity contribution in [3.05, 3.63) is 89.0 Å². The molecule has 0 radical (unpaired) electrons. The van der Waals surface area contributed by atoms with Crippen molar-refractivity contribution in [1.29, 1.82) is 0 Å². The molecule has 0 spiro atoms. The number of nitrogens with zero attached hydrogens (tertiary/aromatic N) is 4. The molecule has 1 saturated carbocycles. The maximum absolute atomic E-state index is 14.1. The fraction of sp³-hybridized carbons (Fsp3) is 0.333. The van der Waals surface area contributed by atoms with Gasteiger partial charge in [-0.05, 0) is 48.4 Å². The van der Waals surface area contributed by atoms with E-state index in [1.54, 1.807) is 6.20 Å². The summed E-state index contributed by atoms with van der Waals surface area (Å²) in [7, 11) is 0. The predicted octanol–water partition coefficient (Wildman–Crippen LogP) is 5.50. The third kappa shape index (κ3) is 4.65. The molecule has 1 amide bonds. The second-order valence-corrected chi connectivity index (χ2v) is 9.10. The van der Waals surface area contributed by atoms with Gasteiger partial charge in [-0.1, -0.05) is 55.4 Å². The van der Waals surface area contributed by atoms with Gasteiger partial charge in [0.25, 0.3) is 11.6 Å². The lowest BCUT2D eigenvalue weighted by atomic mass is 10.0. The number of carbonyl (C=O) groups is 1. The van der Waals surface area contributed by atoms with Gasteiger partial charge in [0.2, 0.25) is 0 Å². The van der Waals surface area contributed by atoms with Crippen LogP contribution in [0.2, 0.25) is 0 Å². The van der Waals surface area contributed by atoms with Crippen LogP contribution in [0.3, 0.4) is 0 Å². The molecule has 0 bridgehead atoms. The molecule has 1 fully saturated rings. The Morgan fingerprint density at radius 1 is 1.12 bits per heavy atom. The number of rotatable bonds is 8. The summed E-state index contributed by atoms with van der Waals surface area (Å²) in [6, 6.07) is 16.2. The quantitative estimate of drug-likeness (QED) is 0.362. The summed E-state index contributed by atoms with van der Waals surface area (Å²) in [5, 5.41) is 5.02. The number of fused-ring (bicyclic) bond motifs is 1. The van der Waals surface area contributed by atoms with Crippen molar-refractivity contribution in [2.45, 2.75) is 51.5 Å². The Bertz CT molecular complexity index is 1250. The van der Waals surface area contributed by atoms with Crippen LogP contribution in [0.15, 0.2) is 65.4 Å². The van der Waals surface area contributed by atoms with Crippen molar-refractivity contribution in [1.82, 2.24) is 20.0 Å². The first kappa shape index (κ1) is 21.3. The van der Waals surface area contributed by atoms with Crippen molar-refractivity contribution < 1.29 is 9.32 Å². The molecule has 0 saturated heterocycles. The lowest BCUT2D eigenvalue weighted by Crippen LogP contribution is -2.33. The Labute approximate surface area is 193 Å². The first-order valence-electron chi connectivity index (χ1n) is 11.6. The first-order valence-corrected chi connectivity index (χ1v) is 11.6. The molecule has 1 aliphatic carbocycles. The predicted molar refractivity (Wildman–Crippen MR) is 127 cm³/mol. The highest BCUT2D eigenvalue weighted by atomic mass is 16.5. The minimum Gasteiger partial charge on any atom is -0.335 e. The van der Waals surface area contributed by atoms with E-state index in [4.69, 9.17) is 9.51 Å². The molecule has 1 aliphatic rings. The maximum Gasteiger partial charge on any atom is 0.259 e. The largest absolute Gasteiger partial charge is 0.335 e. The lowest BCUT2D eigenvalue weighted by Gasteiger charge is -2.24. The molecule has 4 aromatic rings. The summed E-state index contributed by atoms with van der Waals surface area (Å²) in [6.07, 6.45) is 6.55. The zero-order valence-corrected chi connectivity index (χ0v) is 19.1. The molecule has 1 aromatic carbocycles. The highest BCUT2D eigenvalue weighted by Gasteiger charge is 2.31. The van der Waals surface area contributed by atoms with Crippen molar-refractivity contribution in [3.63, 3.8) is 0 Å². The van der Waals surface area contributed by atoms with Crippen LogP contribution in [0.5, 0.6) is 0 Å². The summed E-state index contributed by atoms with van der Waals surface area (Å²) < 4.78 is 5.61. The molecule has 0 aliphatic heterocycles. The van der Waals surface area contributed by atoms with E-state index in [9.17, 15) is 4.79 Å². The monoisotopic (exact) mass is 440 g/mol. The Balaban J connectivity index is 1.54. The van der Waals surface area contributed by atoms with Crippen LogP contribution in [0.1, 0.15) is 71.4 Å². The number of benzene rings is 1. The van der Waals surface area contributed by atoms with E-state index < -0.39 is 0 Å². The van der Waals surface area contributed by atoms with Crippen LogP contribution in [0, 0.1) is 0 Å². The second-order valence-electron chi connectivity index (χ2n) is 9.10. The molecule has 6 heteroatoms. The number of amides is 1. The molecule has 0 unspecified atom stereocenters.